The molecule has 3 aromatic rings. The Labute approximate surface area is 160 Å². The maximum Gasteiger partial charge on any atom is 0.260 e. The fraction of sp³-hybridized carbons (Fsp3) is 0.105. The van der Waals surface area contributed by atoms with E-state index in [0.29, 0.717) is 34.1 Å². The number of aromatic nitrogens is 2. The molecular formula is C19H14Cl2N4O. The van der Waals surface area contributed by atoms with Gasteiger partial charge in [-0.2, -0.15) is 10.4 Å². The lowest BCUT2D eigenvalue weighted by atomic mass is 10.2. The number of nitrogens with zero attached hydrogens (tertiary/aromatic N) is 3. The van der Waals surface area contributed by atoms with E-state index in [1.165, 1.54) is 0 Å². The van der Waals surface area contributed by atoms with Gasteiger partial charge in [-0.25, -0.2) is 4.68 Å². The topological polar surface area (TPSA) is 70.7 Å². The van der Waals surface area contributed by atoms with Gasteiger partial charge in [0.1, 0.15) is 5.15 Å². The number of anilines is 1. The molecular weight excluding hydrogens is 371 g/mol. The molecule has 0 saturated heterocycles. The van der Waals surface area contributed by atoms with Crippen LogP contribution in [0.15, 0.2) is 48.5 Å². The molecule has 7 heteroatoms. The van der Waals surface area contributed by atoms with Gasteiger partial charge in [-0.15, -0.1) is 0 Å². The van der Waals surface area contributed by atoms with Gasteiger partial charge >= 0.3 is 0 Å². The Morgan fingerprint density at radius 3 is 2.73 bits per heavy atom. The monoisotopic (exact) mass is 384 g/mol. The number of carbonyl (C=O) groups excluding carboxylic acids is 1. The molecule has 26 heavy (non-hydrogen) atoms. The highest BCUT2D eigenvalue weighted by molar-refractivity contribution is 6.34. The van der Waals surface area contributed by atoms with E-state index in [2.05, 4.69) is 10.4 Å². The first-order valence-corrected chi connectivity index (χ1v) is 8.53. The van der Waals surface area contributed by atoms with E-state index >= 15 is 0 Å². The molecule has 0 fully saturated rings. The summed E-state index contributed by atoms with van der Waals surface area (Å²) in [5.74, 6) is -0.381. The predicted molar refractivity (Wildman–Crippen MR) is 102 cm³/mol. The van der Waals surface area contributed by atoms with Crippen molar-refractivity contribution >= 4 is 34.8 Å². The van der Waals surface area contributed by atoms with Crippen molar-refractivity contribution < 1.29 is 4.79 Å². The van der Waals surface area contributed by atoms with Crippen LogP contribution >= 0.6 is 23.2 Å². The molecule has 1 aromatic heterocycles. The molecule has 0 spiro atoms. The first kappa shape index (κ1) is 18.0. The Kier molecular flexibility index (Phi) is 5.27. The molecule has 0 bridgehead atoms. The number of aryl methyl sites for hydroxylation is 1. The first-order valence-electron chi connectivity index (χ1n) is 7.77. The zero-order valence-electron chi connectivity index (χ0n) is 13.8. The molecule has 0 atom stereocenters. The maximum absolute atomic E-state index is 12.6. The van der Waals surface area contributed by atoms with Crippen molar-refractivity contribution in [2.45, 2.75) is 13.5 Å². The largest absolute Gasteiger partial charge is 0.322 e. The normalized spacial score (nSPS) is 10.4. The lowest BCUT2D eigenvalue weighted by Gasteiger charge is -2.07. The third kappa shape index (κ3) is 3.72. The average Bonchev–Trinajstić information content (AvgIpc) is 2.90. The summed E-state index contributed by atoms with van der Waals surface area (Å²) in [5, 5.41) is 16.9. The third-order valence-electron chi connectivity index (χ3n) is 3.82. The SMILES string of the molecule is Cc1nn(Cc2ccccc2Cl)c(Cl)c1C(=O)Nc1cccc(C#N)c1. The quantitative estimate of drug-likeness (QED) is 0.710. The summed E-state index contributed by atoms with van der Waals surface area (Å²) in [4.78, 5) is 12.6. The van der Waals surface area contributed by atoms with Crippen LogP contribution in [0.25, 0.3) is 0 Å². The molecule has 0 saturated carbocycles. The highest BCUT2D eigenvalue weighted by atomic mass is 35.5. The molecule has 1 N–H and O–H groups in total. The number of hydrogen-bond donors (Lipinski definition) is 1. The van der Waals surface area contributed by atoms with Gasteiger partial charge in [-0.05, 0) is 36.8 Å². The van der Waals surface area contributed by atoms with E-state index in [1.54, 1.807) is 41.9 Å². The van der Waals surface area contributed by atoms with Crippen LogP contribution in [0.4, 0.5) is 5.69 Å². The Hall–Kier alpha value is -2.81. The molecule has 2 aromatic carbocycles. The molecule has 0 radical (unpaired) electrons. The summed E-state index contributed by atoms with van der Waals surface area (Å²) in [6.07, 6.45) is 0. The molecule has 1 heterocycles. The van der Waals surface area contributed by atoms with Crippen LogP contribution in [-0.2, 0) is 6.54 Å². The molecule has 1 amide bonds. The summed E-state index contributed by atoms with van der Waals surface area (Å²) in [6.45, 7) is 2.08. The van der Waals surface area contributed by atoms with E-state index in [-0.39, 0.29) is 11.1 Å². The van der Waals surface area contributed by atoms with Gasteiger partial charge in [-0.1, -0.05) is 47.5 Å². The Morgan fingerprint density at radius 2 is 2.00 bits per heavy atom. The fourth-order valence-corrected chi connectivity index (χ4v) is 3.08. The molecule has 0 aliphatic rings. The van der Waals surface area contributed by atoms with E-state index in [9.17, 15) is 4.79 Å². The van der Waals surface area contributed by atoms with Crippen LogP contribution in [0, 0.1) is 18.3 Å². The predicted octanol–water partition coefficient (Wildman–Crippen LogP) is 4.67. The van der Waals surface area contributed by atoms with Crippen LogP contribution in [-0.4, -0.2) is 15.7 Å². The number of amides is 1. The first-order chi connectivity index (χ1) is 12.5. The number of hydrogen-bond acceptors (Lipinski definition) is 3. The fourth-order valence-electron chi connectivity index (χ4n) is 2.56. The van der Waals surface area contributed by atoms with E-state index in [0.717, 1.165) is 5.56 Å². The highest BCUT2D eigenvalue weighted by Crippen LogP contribution is 2.24. The molecule has 3 rings (SSSR count). The smallest absolute Gasteiger partial charge is 0.260 e. The van der Waals surface area contributed by atoms with E-state index < -0.39 is 0 Å². The van der Waals surface area contributed by atoms with Gasteiger partial charge < -0.3 is 5.32 Å². The zero-order valence-corrected chi connectivity index (χ0v) is 15.3. The molecule has 130 valence electrons. The average molecular weight is 385 g/mol. The van der Waals surface area contributed by atoms with Crippen LogP contribution in [0.5, 0.6) is 0 Å². The minimum Gasteiger partial charge on any atom is -0.322 e. The number of benzene rings is 2. The van der Waals surface area contributed by atoms with Crippen molar-refractivity contribution in [1.29, 1.82) is 5.26 Å². The van der Waals surface area contributed by atoms with Gasteiger partial charge in [0.2, 0.25) is 0 Å². The summed E-state index contributed by atoms with van der Waals surface area (Å²) < 4.78 is 1.54. The van der Waals surface area contributed by atoms with Crippen LogP contribution < -0.4 is 5.32 Å². The van der Waals surface area contributed by atoms with Crippen LogP contribution in [0.1, 0.15) is 27.2 Å². The Balaban J connectivity index is 1.86. The maximum atomic E-state index is 12.6. The lowest BCUT2D eigenvalue weighted by molar-refractivity contribution is 0.102. The summed E-state index contributed by atoms with van der Waals surface area (Å²) in [7, 11) is 0. The molecule has 0 aliphatic carbocycles. The highest BCUT2D eigenvalue weighted by Gasteiger charge is 2.21. The second-order valence-corrected chi connectivity index (χ2v) is 6.41. The lowest BCUT2D eigenvalue weighted by Crippen LogP contribution is -2.13. The van der Waals surface area contributed by atoms with Crippen molar-refractivity contribution in [3.05, 3.63) is 81.1 Å². The van der Waals surface area contributed by atoms with Crippen LogP contribution in [0.3, 0.4) is 0 Å². The van der Waals surface area contributed by atoms with Crippen molar-refractivity contribution in [3.63, 3.8) is 0 Å². The standard InChI is InChI=1S/C19H14Cl2N4O/c1-12-17(19(26)23-15-7-4-5-13(9-15)10-22)18(21)25(24-12)11-14-6-2-3-8-16(14)20/h2-9H,11H2,1H3,(H,23,26). The molecule has 5 nitrogen and oxygen atoms in total. The minimum absolute atomic E-state index is 0.233. The molecule has 0 unspecified atom stereocenters. The second kappa shape index (κ2) is 7.61. The Morgan fingerprint density at radius 1 is 1.23 bits per heavy atom. The molecule has 0 aliphatic heterocycles. The summed E-state index contributed by atoms with van der Waals surface area (Å²) in [5.41, 5.74) is 2.63. The van der Waals surface area contributed by atoms with Crippen LogP contribution in [0.2, 0.25) is 10.2 Å². The van der Waals surface area contributed by atoms with Gasteiger partial charge in [0, 0.05) is 10.7 Å². The van der Waals surface area contributed by atoms with Crippen molar-refractivity contribution in [2.24, 2.45) is 0 Å². The summed E-state index contributed by atoms with van der Waals surface area (Å²) >= 11 is 12.6. The van der Waals surface area contributed by atoms with Crippen molar-refractivity contribution in [3.8, 4) is 6.07 Å². The van der Waals surface area contributed by atoms with E-state index in [4.69, 9.17) is 28.5 Å². The summed E-state index contributed by atoms with van der Waals surface area (Å²) in [6, 6.07) is 16.1. The number of nitriles is 1. The zero-order chi connectivity index (χ0) is 18.7. The van der Waals surface area contributed by atoms with Gasteiger partial charge in [-0.3, -0.25) is 4.79 Å². The minimum atomic E-state index is -0.381. The van der Waals surface area contributed by atoms with Gasteiger partial charge in [0.05, 0.1) is 29.4 Å². The number of halogens is 2. The van der Waals surface area contributed by atoms with Crippen molar-refractivity contribution in [2.75, 3.05) is 5.32 Å². The number of nitrogens with one attached hydrogen (secondary N) is 1. The number of rotatable bonds is 4. The van der Waals surface area contributed by atoms with Crippen molar-refractivity contribution in [1.82, 2.24) is 9.78 Å². The van der Waals surface area contributed by atoms with E-state index in [1.807, 2.05) is 24.3 Å². The third-order valence-corrected chi connectivity index (χ3v) is 4.57. The Bertz CT molecular complexity index is 1020. The van der Waals surface area contributed by atoms with Gasteiger partial charge in [0.15, 0.2) is 0 Å². The number of carbonyl (C=O) groups is 1. The second-order valence-electron chi connectivity index (χ2n) is 5.65. The van der Waals surface area contributed by atoms with Gasteiger partial charge in [0.25, 0.3) is 5.91 Å².